The van der Waals surface area contributed by atoms with Crippen LogP contribution in [0.25, 0.3) is 11.4 Å². The summed E-state index contributed by atoms with van der Waals surface area (Å²) in [5.41, 5.74) is 1.23. The van der Waals surface area contributed by atoms with Gasteiger partial charge in [-0.1, -0.05) is 18.5 Å². The van der Waals surface area contributed by atoms with Crippen molar-refractivity contribution in [1.29, 1.82) is 0 Å². The molecule has 22 heavy (non-hydrogen) atoms. The summed E-state index contributed by atoms with van der Waals surface area (Å²) in [6, 6.07) is 7.20. The summed E-state index contributed by atoms with van der Waals surface area (Å²) in [4.78, 5) is 12.2. The number of rotatable bonds is 4. The Morgan fingerprint density at radius 1 is 1.23 bits per heavy atom. The summed E-state index contributed by atoms with van der Waals surface area (Å²) < 4.78 is 14.1. The highest BCUT2D eigenvalue weighted by Gasteiger charge is 2.14. The number of hydrogen-bond donors (Lipinski definition) is 1. The van der Waals surface area contributed by atoms with Crippen LogP contribution in [0.2, 0.25) is 5.02 Å². The molecule has 2 heterocycles. The summed E-state index contributed by atoms with van der Waals surface area (Å²) in [5.74, 6) is 0.164. The van der Waals surface area contributed by atoms with E-state index in [-0.39, 0.29) is 5.03 Å². The number of hydrogen-bond acceptors (Lipinski definition) is 5. The van der Waals surface area contributed by atoms with E-state index in [1.165, 1.54) is 6.33 Å². The van der Waals surface area contributed by atoms with Crippen molar-refractivity contribution in [3.8, 4) is 11.4 Å². The summed E-state index contributed by atoms with van der Waals surface area (Å²) in [5, 5.41) is 8.15. The van der Waals surface area contributed by atoms with Gasteiger partial charge in [-0.2, -0.15) is 0 Å². The monoisotopic (exact) mass is 335 g/mol. The van der Waals surface area contributed by atoms with Gasteiger partial charge in [0, 0.05) is 10.6 Å². The SMILES string of the molecule is CCc1ncnc(Sc2n[nH]c(-c3ccc(Cl)cc3)n2)c1F. The third kappa shape index (κ3) is 3.10. The highest BCUT2D eigenvalue weighted by molar-refractivity contribution is 7.99. The van der Waals surface area contributed by atoms with Crippen molar-refractivity contribution in [2.24, 2.45) is 0 Å². The number of nitrogens with one attached hydrogen (secondary N) is 1. The van der Waals surface area contributed by atoms with Crippen LogP contribution in [0.5, 0.6) is 0 Å². The molecule has 1 N–H and O–H groups in total. The lowest BCUT2D eigenvalue weighted by atomic mass is 10.2. The molecule has 0 radical (unpaired) electrons. The Hall–Kier alpha value is -1.99. The molecule has 8 heteroatoms. The van der Waals surface area contributed by atoms with E-state index in [9.17, 15) is 4.39 Å². The van der Waals surface area contributed by atoms with Crippen LogP contribution in [0.1, 0.15) is 12.6 Å². The zero-order valence-corrected chi connectivity index (χ0v) is 13.1. The Morgan fingerprint density at radius 2 is 2.00 bits per heavy atom. The third-order valence-electron chi connectivity index (χ3n) is 2.94. The Morgan fingerprint density at radius 3 is 2.73 bits per heavy atom. The molecular formula is C14H11ClFN5S. The van der Waals surface area contributed by atoms with E-state index in [4.69, 9.17) is 11.6 Å². The molecule has 0 bridgehead atoms. The molecule has 0 aliphatic rings. The zero-order chi connectivity index (χ0) is 15.5. The highest BCUT2D eigenvalue weighted by Crippen LogP contribution is 2.27. The average Bonchev–Trinajstić information content (AvgIpc) is 2.99. The highest BCUT2D eigenvalue weighted by atomic mass is 35.5. The molecule has 3 rings (SSSR count). The first-order valence-electron chi connectivity index (χ1n) is 6.53. The molecule has 0 atom stereocenters. The molecule has 0 spiro atoms. The second-order valence-corrected chi connectivity index (χ2v) is 5.76. The van der Waals surface area contributed by atoms with Crippen LogP contribution in [0.3, 0.4) is 0 Å². The van der Waals surface area contributed by atoms with Gasteiger partial charge < -0.3 is 0 Å². The second kappa shape index (κ2) is 6.41. The first kappa shape index (κ1) is 14.9. The van der Waals surface area contributed by atoms with Crippen LogP contribution in [-0.2, 0) is 6.42 Å². The van der Waals surface area contributed by atoms with Gasteiger partial charge in [-0.3, -0.25) is 5.10 Å². The molecule has 0 saturated carbocycles. The smallest absolute Gasteiger partial charge is 0.215 e. The first-order valence-corrected chi connectivity index (χ1v) is 7.72. The lowest BCUT2D eigenvalue weighted by Crippen LogP contribution is -1.97. The van der Waals surface area contributed by atoms with Gasteiger partial charge in [0.25, 0.3) is 0 Å². The van der Waals surface area contributed by atoms with Crippen molar-refractivity contribution in [2.75, 3.05) is 0 Å². The molecule has 0 aliphatic heterocycles. The van der Waals surface area contributed by atoms with Crippen molar-refractivity contribution >= 4 is 23.4 Å². The van der Waals surface area contributed by atoms with Crippen molar-refractivity contribution < 1.29 is 4.39 Å². The largest absolute Gasteiger partial charge is 0.258 e. The maximum atomic E-state index is 14.1. The van der Waals surface area contributed by atoms with Gasteiger partial charge in [-0.15, -0.1) is 5.10 Å². The molecule has 0 unspecified atom stereocenters. The van der Waals surface area contributed by atoms with E-state index in [0.29, 0.717) is 28.1 Å². The lowest BCUT2D eigenvalue weighted by Gasteiger charge is -2.01. The quantitative estimate of drug-likeness (QED) is 0.735. The molecule has 5 nitrogen and oxygen atoms in total. The molecule has 0 aliphatic carbocycles. The number of aryl methyl sites for hydroxylation is 1. The van der Waals surface area contributed by atoms with Gasteiger partial charge >= 0.3 is 0 Å². The molecule has 112 valence electrons. The van der Waals surface area contributed by atoms with Crippen LogP contribution in [-0.4, -0.2) is 25.1 Å². The number of aromatic nitrogens is 5. The minimum atomic E-state index is -0.423. The summed E-state index contributed by atoms with van der Waals surface area (Å²) >= 11 is 6.91. The van der Waals surface area contributed by atoms with Gasteiger partial charge in [-0.25, -0.2) is 19.3 Å². The standard InChI is InChI=1S/C14H11ClFN5S/c1-2-10-11(16)13(18-7-17-10)22-14-19-12(20-21-14)8-3-5-9(15)6-4-8/h3-7H,2H2,1H3,(H,19,20,21). The van der Waals surface area contributed by atoms with Crippen LogP contribution in [0.15, 0.2) is 40.8 Å². The minimum Gasteiger partial charge on any atom is -0.258 e. The van der Waals surface area contributed by atoms with Crippen LogP contribution in [0, 0.1) is 5.82 Å². The van der Waals surface area contributed by atoms with Gasteiger partial charge in [0.05, 0.1) is 5.69 Å². The van der Waals surface area contributed by atoms with Gasteiger partial charge in [0.2, 0.25) is 5.16 Å². The van der Waals surface area contributed by atoms with Crippen LogP contribution >= 0.6 is 23.4 Å². The number of benzene rings is 1. The number of H-pyrrole nitrogens is 1. The summed E-state index contributed by atoms with van der Waals surface area (Å²) in [7, 11) is 0. The maximum absolute atomic E-state index is 14.1. The Kier molecular flexibility index (Phi) is 4.35. The van der Waals surface area contributed by atoms with E-state index >= 15 is 0 Å². The Balaban J connectivity index is 1.84. The predicted molar refractivity (Wildman–Crippen MR) is 82.3 cm³/mol. The van der Waals surface area contributed by atoms with E-state index in [1.807, 2.05) is 19.1 Å². The minimum absolute atomic E-state index is 0.216. The molecule has 0 fully saturated rings. The predicted octanol–water partition coefficient (Wildman–Crippen LogP) is 3.77. The van der Waals surface area contributed by atoms with Crippen molar-refractivity contribution in [2.45, 2.75) is 23.5 Å². The van der Waals surface area contributed by atoms with Gasteiger partial charge in [0.15, 0.2) is 11.6 Å². The van der Waals surface area contributed by atoms with E-state index in [2.05, 4.69) is 25.1 Å². The van der Waals surface area contributed by atoms with Crippen LogP contribution in [0.4, 0.5) is 4.39 Å². The fourth-order valence-electron chi connectivity index (χ4n) is 1.82. The van der Waals surface area contributed by atoms with Crippen molar-refractivity contribution in [1.82, 2.24) is 25.1 Å². The van der Waals surface area contributed by atoms with Gasteiger partial charge in [-0.05, 0) is 42.4 Å². The molecule has 0 amide bonds. The summed E-state index contributed by atoms with van der Waals surface area (Å²) in [6.45, 7) is 1.84. The maximum Gasteiger partial charge on any atom is 0.215 e. The molecule has 3 aromatic rings. The number of nitrogens with zero attached hydrogens (tertiary/aromatic N) is 4. The van der Waals surface area contributed by atoms with Crippen LogP contribution < -0.4 is 0 Å². The van der Waals surface area contributed by atoms with Crippen molar-refractivity contribution in [3.05, 3.63) is 47.1 Å². The fourth-order valence-corrected chi connectivity index (χ4v) is 2.66. The van der Waals surface area contributed by atoms with E-state index in [1.54, 1.807) is 12.1 Å². The van der Waals surface area contributed by atoms with Gasteiger partial charge in [0.1, 0.15) is 11.4 Å². The topological polar surface area (TPSA) is 67.3 Å². The zero-order valence-electron chi connectivity index (χ0n) is 11.5. The Bertz CT molecular complexity index is 790. The first-order chi connectivity index (χ1) is 10.7. The Labute approximate surface area is 135 Å². The summed E-state index contributed by atoms with van der Waals surface area (Å²) in [6.07, 6.45) is 1.85. The van der Waals surface area contributed by atoms with E-state index < -0.39 is 5.82 Å². The number of aromatic amines is 1. The lowest BCUT2D eigenvalue weighted by molar-refractivity contribution is 0.559. The number of halogens is 2. The fraction of sp³-hybridized carbons (Fsp3) is 0.143. The average molecular weight is 336 g/mol. The molecular weight excluding hydrogens is 325 g/mol. The van der Waals surface area contributed by atoms with Crippen molar-refractivity contribution in [3.63, 3.8) is 0 Å². The third-order valence-corrected chi connectivity index (χ3v) is 4.03. The molecule has 2 aromatic heterocycles. The molecule has 0 saturated heterocycles. The normalized spacial score (nSPS) is 10.9. The second-order valence-electron chi connectivity index (χ2n) is 4.37. The molecule has 1 aromatic carbocycles. The van der Waals surface area contributed by atoms with E-state index in [0.717, 1.165) is 17.3 Å².